The number of halogens is 3. The van der Waals surface area contributed by atoms with Gasteiger partial charge in [0.15, 0.2) is 0 Å². The average Bonchev–Trinajstić information content (AvgIpc) is 2.35. The van der Waals surface area contributed by atoms with Gasteiger partial charge in [-0.3, -0.25) is 4.79 Å². The first-order chi connectivity index (χ1) is 8.88. The Kier molecular flexibility index (Phi) is 5.35. The minimum atomic E-state index is -4.35. The number of carbonyl (C=O) groups is 1. The Labute approximate surface area is 109 Å². The van der Waals surface area contributed by atoms with Gasteiger partial charge in [0.1, 0.15) is 0 Å². The third-order valence-electron chi connectivity index (χ3n) is 2.67. The predicted octanol–water partition coefficient (Wildman–Crippen LogP) is 2.39. The molecule has 1 atom stereocenters. The molecule has 19 heavy (non-hydrogen) atoms. The minimum absolute atomic E-state index is 0.0971. The molecule has 0 radical (unpaired) electrons. The van der Waals surface area contributed by atoms with Crippen molar-refractivity contribution in [3.8, 4) is 0 Å². The predicted molar refractivity (Wildman–Crippen MR) is 64.3 cm³/mol. The fourth-order valence-corrected chi connectivity index (χ4v) is 1.64. The quantitative estimate of drug-likeness (QED) is 0.839. The summed E-state index contributed by atoms with van der Waals surface area (Å²) in [5.74, 6) is -0.957. The second-order valence-corrected chi connectivity index (χ2v) is 4.08. The number of hydrogen-bond donors (Lipinski definition) is 1. The van der Waals surface area contributed by atoms with E-state index in [1.54, 1.807) is 6.92 Å². The maximum Gasteiger partial charge on any atom is 0.416 e. The van der Waals surface area contributed by atoms with Gasteiger partial charge in [-0.1, -0.05) is 12.1 Å². The van der Waals surface area contributed by atoms with E-state index in [9.17, 15) is 18.0 Å². The maximum atomic E-state index is 12.4. The first kappa shape index (κ1) is 15.5. The van der Waals surface area contributed by atoms with Crippen LogP contribution >= 0.6 is 0 Å². The Bertz CT molecular complexity index is 415. The smallest absolute Gasteiger partial charge is 0.416 e. The van der Waals surface area contributed by atoms with Gasteiger partial charge in [0, 0.05) is 6.54 Å². The van der Waals surface area contributed by atoms with Crippen LogP contribution in [0.2, 0.25) is 0 Å². The summed E-state index contributed by atoms with van der Waals surface area (Å²) in [5, 5.41) is 0. The molecule has 1 aromatic carbocycles. The number of carbonyl (C=O) groups excluding carboxylic acids is 1. The lowest BCUT2D eigenvalue weighted by Crippen LogP contribution is -2.27. The molecule has 0 amide bonds. The van der Waals surface area contributed by atoms with Crippen molar-refractivity contribution in [2.45, 2.75) is 19.5 Å². The van der Waals surface area contributed by atoms with Crippen molar-refractivity contribution in [1.82, 2.24) is 0 Å². The molecule has 6 heteroatoms. The zero-order valence-electron chi connectivity index (χ0n) is 10.5. The van der Waals surface area contributed by atoms with Gasteiger partial charge >= 0.3 is 12.1 Å². The summed E-state index contributed by atoms with van der Waals surface area (Å²) in [6.07, 6.45) is -4.08. The summed E-state index contributed by atoms with van der Waals surface area (Å²) in [7, 11) is 0. The van der Waals surface area contributed by atoms with Gasteiger partial charge in [-0.25, -0.2) is 0 Å². The van der Waals surface area contributed by atoms with Gasteiger partial charge in [-0.15, -0.1) is 0 Å². The molecule has 1 aromatic rings. The van der Waals surface area contributed by atoms with E-state index < -0.39 is 23.6 Å². The van der Waals surface area contributed by atoms with Crippen molar-refractivity contribution in [3.05, 3.63) is 35.4 Å². The Morgan fingerprint density at radius 1 is 1.32 bits per heavy atom. The lowest BCUT2D eigenvalue weighted by Gasteiger charge is -2.14. The largest absolute Gasteiger partial charge is 0.466 e. The fraction of sp³-hybridized carbons (Fsp3) is 0.462. The number of benzene rings is 1. The van der Waals surface area contributed by atoms with Crippen LogP contribution in [0.1, 0.15) is 18.1 Å². The third-order valence-corrected chi connectivity index (χ3v) is 2.67. The number of ether oxygens (including phenoxy) is 1. The van der Waals surface area contributed by atoms with E-state index in [2.05, 4.69) is 0 Å². The van der Waals surface area contributed by atoms with Gasteiger partial charge in [-0.2, -0.15) is 13.2 Å². The molecule has 0 aliphatic rings. The van der Waals surface area contributed by atoms with Gasteiger partial charge in [0.05, 0.1) is 18.1 Å². The fourth-order valence-electron chi connectivity index (χ4n) is 1.64. The van der Waals surface area contributed by atoms with Crippen molar-refractivity contribution in [3.63, 3.8) is 0 Å². The molecule has 106 valence electrons. The highest BCUT2D eigenvalue weighted by Gasteiger charge is 2.30. The van der Waals surface area contributed by atoms with Crippen LogP contribution in [0, 0.1) is 5.92 Å². The van der Waals surface area contributed by atoms with Gasteiger partial charge < -0.3 is 10.5 Å². The van der Waals surface area contributed by atoms with Crippen LogP contribution < -0.4 is 5.73 Å². The molecule has 0 saturated heterocycles. The van der Waals surface area contributed by atoms with Crippen molar-refractivity contribution in [1.29, 1.82) is 0 Å². The Balaban J connectivity index is 2.73. The highest BCUT2D eigenvalue weighted by atomic mass is 19.4. The molecule has 0 aliphatic carbocycles. The van der Waals surface area contributed by atoms with Gasteiger partial charge in [0.2, 0.25) is 0 Å². The molecule has 0 fully saturated rings. The summed E-state index contributed by atoms with van der Waals surface area (Å²) >= 11 is 0. The van der Waals surface area contributed by atoms with E-state index in [1.165, 1.54) is 12.1 Å². The second-order valence-electron chi connectivity index (χ2n) is 4.08. The van der Waals surface area contributed by atoms with Crippen LogP contribution in [0.4, 0.5) is 13.2 Å². The molecule has 0 spiro atoms. The van der Waals surface area contributed by atoms with Crippen molar-refractivity contribution in [2.24, 2.45) is 11.7 Å². The topological polar surface area (TPSA) is 52.3 Å². The maximum absolute atomic E-state index is 12.4. The van der Waals surface area contributed by atoms with Gasteiger partial charge in [0.25, 0.3) is 0 Å². The molecule has 3 nitrogen and oxygen atoms in total. The van der Waals surface area contributed by atoms with Crippen LogP contribution in [0.15, 0.2) is 24.3 Å². The summed E-state index contributed by atoms with van der Waals surface area (Å²) < 4.78 is 42.0. The number of esters is 1. The van der Waals surface area contributed by atoms with Crippen LogP contribution in [-0.2, 0) is 22.1 Å². The zero-order valence-corrected chi connectivity index (χ0v) is 10.5. The highest BCUT2D eigenvalue weighted by Crippen LogP contribution is 2.29. The third kappa shape index (κ3) is 4.55. The molecule has 1 unspecified atom stereocenters. The van der Waals surface area contributed by atoms with Crippen LogP contribution in [0.5, 0.6) is 0 Å². The van der Waals surface area contributed by atoms with Crippen molar-refractivity contribution < 1.29 is 22.7 Å². The number of nitrogens with two attached hydrogens (primary N) is 1. The molecular formula is C13H16F3NO2. The van der Waals surface area contributed by atoms with E-state index in [1.807, 2.05) is 0 Å². The number of rotatable bonds is 5. The summed E-state index contributed by atoms with van der Waals surface area (Å²) in [6, 6.07) is 4.69. The monoisotopic (exact) mass is 275 g/mol. The zero-order chi connectivity index (χ0) is 14.5. The Morgan fingerprint density at radius 2 is 1.89 bits per heavy atom. The van der Waals surface area contributed by atoms with Crippen LogP contribution in [-0.4, -0.2) is 19.1 Å². The van der Waals surface area contributed by atoms with E-state index in [0.29, 0.717) is 5.56 Å². The summed E-state index contributed by atoms with van der Waals surface area (Å²) in [4.78, 5) is 11.5. The van der Waals surface area contributed by atoms with Crippen LogP contribution in [0.25, 0.3) is 0 Å². The standard InChI is InChI=1S/C13H16F3NO2/c1-2-19-12(18)10(8-17)7-9-3-5-11(6-4-9)13(14,15)16/h3-6,10H,2,7-8,17H2,1H3. The number of alkyl halides is 3. The molecule has 0 aromatic heterocycles. The van der Waals surface area contributed by atoms with E-state index >= 15 is 0 Å². The van der Waals surface area contributed by atoms with Gasteiger partial charge in [-0.05, 0) is 31.0 Å². The van der Waals surface area contributed by atoms with E-state index in [0.717, 1.165) is 12.1 Å². The lowest BCUT2D eigenvalue weighted by molar-refractivity contribution is -0.147. The summed E-state index contributed by atoms with van der Waals surface area (Å²) in [6.45, 7) is 2.03. The molecule has 0 heterocycles. The first-order valence-electron chi connectivity index (χ1n) is 5.91. The van der Waals surface area contributed by atoms with Crippen molar-refractivity contribution >= 4 is 5.97 Å². The first-order valence-corrected chi connectivity index (χ1v) is 5.91. The molecular weight excluding hydrogens is 259 g/mol. The normalized spacial score (nSPS) is 13.1. The average molecular weight is 275 g/mol. The molecule has 0 bridgehead atoms. The minimum Gasteiger partial charge on any atom is -0.466 e. The SMILES string of the molecule is CCOC(=O)C(CN)Cc1ccc(C(F)(F)F)cc1. The molecule has 2 N–H and O–H groups in total. The lowest BCUT2D eigenvalue weighted by atomic mass is 9.98. The van der Waals surface area contributed by atoms with Crippen molar-refractivity contribution in [2.75, 3.05) is 13.2 Å². The Morgan fingerprint density at radius 3 is 2.32 bits per heavy atom. The Hall–Kier alpha value is -1.56. The number of hydrogen-bond acceptors (Lipinski definition) is 3. The highest BCUT2D eigenvalue weighted by molar-refractivity contribution is 5.73. The molecule has 1 rings (SSSR count). The van der Waals surface area contributed by atoms with E-state index in [4.69, 9.17) is 10.5 Å². The second kappa shape index (κ2) is 6.56. The van der Waals surface area contributed by atoms with Crippen LogP contribution in [0.3, 0.4) is 0 Å². The summed E-state index contributed by atoms with van der Waals surface area (Å²) in [5.41, 5.74) is 5.38. The molecule has 0 saturated carbocycles. The van der Waals surface area contributed by atoms with E-state index in [-0.39, 0.29) is 19.6 Å². The molecule has 0 aliphatic heterocycles.